The Labute approximate surface area is 166 Å². The number of carbonyl (C=O) groups excluding carboxylic acids is 2. The zero-order valence-electron chi connectivity index (χ0n) is 16.1. The van der Waals surface area contributed by atoms with E-state index in [1.165, 1.54) is 37.2 Å². The molecule has 3 aromatic rings. The molecule has 2 aromatic carbocycles. The second-order valence-corrected chi connectivity index (χ2v) is 6.06. The maximum atomic E-state index is 12.4. The van der Waals surface area contributed by atoms with Crippen LogP contribution in [0.4, 0.5) is 0 Å². The summed E-state index contributed by atoms with van der Waals surface area (Å²) < 4.78 is 11.8. The number of hydrogen-bond acceptors (Lipinski definition) is 6. The van der Waals surface area contributed by atoms with E-state index in [1.54, 1.807) is 31.2 Å². The van der Waals surface area contributed by atoms with E-state index in [-0.39, 0.29) is 17.0 Å². The Kier molecular flexibility index (Phi) is 5.68. The molecule has 0 fully saturated rings. The summed E-state index contributed by atoms with van der Waals surface area (Å²) in [7, 11) is 2.97. The molecule has 0 aliphatic heterocycles. The summed E-state index contributed by atoms with van der Waals surface area (Å²) in [5.74, 6) is -0.729. The van der Waals surface area contributed by atoms with Crippen molar-refractivity contribution in [3.05, 3.63) is 65.5 Å². The second-order valence-electron chi connectivity index (χ2n) is 6.06. The molecule has 29 heavy (non-hydrogen) atoms. The minimum absolute atomic E-state index is 0.226. The van der Waals surface area contributed by atoms with Crippen LogP contribution < -0.4 is 20.3 Å². The van der Waals surface area contributed by atoms with Crippen LogP contribution in [0.5, 0.6) is 17.2 Å². The van der Waals surface area contributed by atoms with Gasteiger partial charge in [0.2, 0.25) is 0 Å². The molecular weight excluding hydrogens is 376 g/mol. The van der Waals surface area contributed by atoms with Crippen molar-refractivity contribution in [1.82, 2.24) is 20.6 Å². The molecule has 3 rings (SSSR count). The van der Waals surface area contributed by atoms with Gasteiger partial charge in [-0.3, -0.25) is 20.4 Å². The lowest BCUT2D eigenvalue weighted by Crippen LogP contribution is -2.41. The summed E-state index contributed by atoms with van der Waals surface area (Å²) in [5.41, 5.74) is 5.93. The minimum atomic E-state index is -0.767. The summed E-state index contributed by atoms with van der Waals surface area (Å²) in [5, 5.41) is 14.1. The van der Waals surface area contributed by atoms with Crippen molar-refractivity contribution in [3.8, 4) is 22.9 Å². The molecule has 9 heteroatoms. The Morgan fingerprint density at radius 3 is 2.17 bits per heavy atom. The van der Waals surface area contributed by atoms with Crippen LogP contribution in [-0.4, -0.2) is 40.9 Å². The maximum Gasteiger partial charge on any atom is 0.294 e. The first kappa shape index (κ1) is 19.7. The van der Waals surface area contributed by atoms with Crippen molar-refractivity contribution in [2.45, 2.75) is 6.92 Å². The first-order valence-electron chi connectivity index (χ1n) is 8.62. The highest BCUT2D eigenvalue weighted by Gasteiger charge is 2.19. The standard InChI is InChI=1S/C20H20N4O5/c1-12-16(28-2)9-13(10-17(12)29-3)19(26)21-22-20(27)18-15(25)11-24(23-18)14-7-5-4-6-8-14/h4-11,25H,1-3H3,(H,21,26)(H,22,27). The summed E-state index contributed by atoms with van der Waals surface area (Å²) in [6.45, 7) is 1.80. The molecule has 0 bridgehead atoms. The molecule has 0 aliphatic rings. The zero-order valence-corrected chi connectivity index (χ0v) is 16.1. The van der Waals surface area contributed by atoms with Crippen molar-refractivity contribution in [1.29, 1.82) is 0 Å². The third-order valence-electron chi connectivity index (χ3n) is 4.23. The van der Waals surface area contributed by atoms with Gasteiger partial charge in [0.1, 0.15) is 11.5 Å². The number of para-hydroxylation sites is 1. The molecule has 2 amide bonds. The molecule has 0 spiro atoms. The quantitative estimate of drug-likeness (QED) is 0.568. The molecule has 0 saturated heterocycles. The Hall–Kier alpha value is -4.01. The molecule has 3 N–H and O–H groups in total. The van der Waals surface area contributed by atoms with Crippen molar-refractivity contribution in [2.24, 2.45) is 0 Å². The van der Waals surface area contributed by atoms with Gasteiger partial charge in [-0.15, -0.1) is 0 Å². The van der Waals surface area contributed by atoms with E-state index >= 15 is 0 Å². The van der Waals surface area contributed by atoms with Gasteiger partial charge in [-0.2, -0.15) is 5.10 Å². The summed E-state index contributed by atoms with van der Waals surface area (Å²) in [4.78, 5) is 24.7. The summed E-state index contributed by atoms with van der Waals surface area (Å²) >= 11 is 0. The topological polar surface area (TPSA) is 115 Å². The minimum Gasteiger partial charge on any atom is -0.504 e. The van der Waals surface area contributed by atoms with Crippen LogP contribution >= 0.6 is 0 Å². The number of hydrazine groups is 1. The smallest absolute Gasteiger partial charge is 0.294 e. The Morgan fingerprint density at radius 2 is 1.59 bits per heavy atom. The van der Waals surface area contributed by atoms with Crippen molar-refractivity contribution >= 4 is 11.8 Å². The number of ether oxygens (including phenoxy) is 2. The second kappa shape index (κ2) is 8.34. The van der Waals surface area contributed by atoms with E-state index in [0.29, 0.717) is 17.2 Å². The van der Waals surface area contributed by atoms with Crippen molar-refractivity contribution in [3.63, 3.8) is 0 Å². The third kappa shape index (κ3) is 4.13. The average Bonchev–Trinajstić information content (AvgIpc) is 3.14. The normalized spacial score (nSPS) is 10.3. The van der Waals surface area contributed by atoms with Crippen LogP contribution in [0.25, 0.3) is 5.69 Å². The molecule has 1 aromatic heterocycles. The van der Waals surface area contributed by atoms with Gasteiger partial charge in [-0.1, -0.05) is 18.2 Å². The van der Waals surface area contributed by atoms with Gasteiger partial charge in [0.15, 0.2) is 11.4 Å². The monoisotopic (exact) mass is 396 g/mol. The van der Waals surface area contributed by atoms with Gasteiger partial charge in [0, 0.05) is 11.1 Å². The van der Waals surface area contributed by atoms with Gasteiger partial charge in [0.25, 0.3) is 11.8 Å². The Balaban J connectivity index is 1.73. The van der Waals surface area contributed by atoms with Gasteiger partial charge in [0.05, 0.1) is 26.1 Å². The fourth-order valence-corrected chi connectivity index (χ4v) is 2.70. The molecule has 0 radical (unpaired) electrons. The van der Waals surface area contributed by atoms with Crippen LogP contribution in [-0.2, 0) is 0 Å². The van der Waals surface area contributed by atoms with E-state index < -0.39 is 11.8 Å². The van der Waals surface area contributed by atoms with E-state index in [2.05, 4.69) is 16.0 Å². The third-order valence-corrected chi connectivity index (χ3v) is 4.23. The number of benzene rings is 2. The van der Waals surface area contributed by atoms with Gasteiger partial charge in [-0.25, -0.2) is 4.68 Å². The Morgan fingerprint density at radius 1 is 1.00 bits per heavy atom. The van der Waals surface area contributed by atoms with Gasteiger partial charge < -0.3 is 14.6 Å². The summed E-state index contributed by atoms with van der Waals surface area (Å²) in [6, 6.07) is 12.0. The predicted octanol–water partition coefficient (Wildman–Crippen LogP) is 1.98. The van der Waals surface area contributed by atoms with Crippen molar-refractivity contribution in [2.75, 3.05) is 14.2 Å². The molecule has 0 saturated carbocycles. The predicted molar refractivity (Wildman–Crippen MR) is 104 cm³/mol. The number of nitrogens with one attached hydrogen (secondary N) is 2. The number of hydrogen-bond donors (Lipinski definition) is 3. The number of aromatic hydroxyl groups is 1. The van der Waals surface area contributed by atoms with Crippen molar-refractivity contribution < 1.29 is 24.2 Å². The van der Waals surface area contributed by atoms with Crippen LogP contribution in [0.15, 0.2) is 48.7 Å². The molecule has 0 atom stereocenters. The molecule has 1 heterocycles. The first-order valence-corrected chi connectivity index (χ1v) is 8.62. The lowest BCUT2D eigenvalue weighted by Gasteiger charge is -2.13. The van der Waals surface area contributed by atoms with E-state index in [0.717, 1.165) is 5.56 Å². The molecule has 0 unspecified atom stereocenters. The Bertz CT molecular complexity index is 1020. The van der Waals surface area contributed by atoms with Crippen LogP contribution in [0.2, 0.25) is 0 Å². The summed E-state index contributed by atoms with van der Waals surface area (Å²) in [6.07, 6.45) is 1.31. The highest BCUT2D eigenvalue weighted by Crippen LogP contribution is 2.29. The number of nitrogens with zero attached hydrogens (tertiary/aromatic N) is 2. The average molecular weight is 396 g/mol. The maximum absolute atomic E-state index is 12.4. The fraction of sp³-hybridized carbons (Fsp3) is 0.150. The molecule has 0 aliphatic carbocycles. The number of carbonyl (C=O) groups is 2. The van der Waals surface area contributed by atoms with Crippen LogP contribution in [0, 0.1) is 6.92 Å². The zero-order chi connectivity index (χ0) is 21.0. The number of amides is 2. The van der Waals surface area contributed by atoms with Gasteiger partial charge >= 0.3 is 0 Å². The highest BCUT2D eigenvalue weighted by molar-refractivity contribution is 5.99. The number of methoxy groups -OCH3 is 2. The first-order chi connectivity index (χ1) is 13.9. The van der Waals surface area contributed by atoms with Gasteiger partial charge in [-0.05, 0) is 31.2 Å². The molecular formula is C20H20N4O5. The molecule has 150 valence electrons. The number of aromatic nitrogens is 2. The number of rotatable bonds is 5. The van der Waals surface area contributed by atoms with E-state index in [1.807, 2.05) is 6.07 Å². The lowest BCUT2D eigenvalue weighted by molar-refractivity contribution is 0.0841. The highest BCUT2D eigenvalue weighted by atomic mass is 16.5. The van der Waals surface area contributed by atoms with Crippen LogP contribution in [0.3, 0.4) is 0 Å². The largest absolute Gasteiger partial charge is 0.504 e. The van der Waals surface area contributed by atoms with Crippen LogP contribution in [0.1, 0.15) is 26.4 Å². The fourth-order valence-electron chi connectivity index (χ4n) is 2.70. The molecule has 9 nitrogen and oxygen atoms in total. The SMILES string of the molecule is COc1cc(C(=O)NNC(=O)c2nn(-c3ccccc3)cc2O)cc(OC)c1C. The van der Waals surface area contributed by atoms with E-state index in [4.69, 9.17) is 9.47 Å². The lowest BCUT2D eigenvalue weighted by atomic mass is 10.1. The van der Waals surface area contributed by atoms with E-state index in [9.17, 15) is 14.7 Å².